The van der Waals surface area contributed by atoms with Crippen LogP contribution < -0.4 is 9.47 Å². The van der Waals surface area contributed by atoms with Gasteiger partial charge in [0.15, 0.2) is 0 Å². The Morgan fingerprint density at radius 1 is 0.900 bits per heavy atom. The molecular weight excluding hydrogens is 316 g/mol. The van der Waals surface area contributed by atoms with Gasteiger partial charge in [-0.2, -0.15) is 0 Å². The first kappa shape index (κ1) is 14.9. The number of hydrogen-bond acceptors (Lipinski definition) is 2. The molecular formula is C17H19BrO2. The molecule has 20 heavy (non-hydrogen) atoms. The van der Waals surface area contributed by atoms with Crippen molar-refractivity contribution in [2.45, 2.75) is 19.8 Å². The Hall–Kier alpha value is -1.48. The highest BCUT2D eigenvalue weighted by atomic mass is 79.9. The molecule has 0 aliphatic heterocycles. The maximum atomic E-state index is 5.71. The standard InChI is InChI=1S/C17H19BrO2/c1-13(2)14-4-3-5-17(12-14)20-11-10-19-16-8-6-15(18)7-9-16/h3-9,12-13H,10-11H2,1-2H3. The van der Waals surface area contributed by atoms with Crippen LogP contribution in [-0.4, -0.2) is 13.2 Å². The van der Waals surface area contributed by atoms with E-state index in [1.54, 1.807) is 0 Å². The zero-order valence-corrected chi connectivity index (χ0v) is 13.4. The first-order valence-electron chi connectivity index (χ1n) is 6.76. The van der Waals surface area contributed by atoms with Crippen LogP contribution in [-0.2, 0) is 0 Å². The minimum absolute atomic E-state index is 0.512. The summed E-state index contributed by atoms with van der Waals surface area (Å²) in [5, 5.41) is 0. The largest absolute Gasteiger partial charge is 0.490 e. The quantitative estimate of drug-likeness (QED) is 0.689. The van der Waals surface area contributed by atoms with Crippen molar-refractivity contribution in [1.82, 2.24) is 0 Å². The maximum Gasteiger partial charge on any atom is 0.122 e. The molecule has 0 N–H and O–H groups in total. The third-order valence-corrected chi connectivity index (χ3v) is 3.49. The van der Waals surface area contributed by atoms with Crippen LogP contribution in [0.4, 0.5) is 0 Å². The van der Waals surface area contributed by atoms with Crippen molar-refractivity contribution >= 4 is 15.9 Å². The molecule has 106 valence electrons. The summed E-state index contributed by atoms with van der Waals surface area (Å²) in [6.45, 7) is 5.43. The lowest BCUT2D eigenvalue weighted by Crippen LogP contribution is -2.09. The Kier molecular flexibility index (Phi) is 5.48. The molecule has 0 aromatic heterocycles. The fourth-order valence-electron chi connectivity index (χ4n) is 1.81. The minimum Gasteiger partial charge on any atom is -0.490 e. The molecule has 0 aliphatic rings. The number of halogens is 1. The van der Waals surface area contributed by atoms with Gasteiger partial charge < -0.3 is 9.47 Å². The van der Waals surface area contributed by atoms with Gasteiger partial charge in [0, 0.05) is 4.47 Å². The molecule has 0 saturated heterocycles. The fourth-order valence-corrected chi connectivity index (χ4v) is 2.08. The number of hydrogen-bond donors (Lipinski definition) is 0. The van der Waals surface area contributed by atoms with Gasteiger partial charge in [0.25, 0.3) is 0 Å². The highest BCUT2D eigenvalue weighted by Gasteiger charge is 2.01. The van der Waals surface area contributed by atoms with E-state index in [1.165, 1.54) is 5.56 Å². The highest BCUT2D eigenvalue weighted by molar-refractivity contribution is 9.10. The molecule has 2 aromatic rings. The second-order valence-corrected chi connectivity index (χ2v) is 5.79. The van der Waals surface area contributed by atoms with E-state index in [4.69, 9.17) is 9.47 Å². The Balaban J connectivity index is 1.78. The van der Waals surface area contributed by atoms with Crippen LogP contribution in [0.15, 0.2) is 53.0 Å². The van der Waals surface area contributed by atoms with Crippen LogP contribution in [0.25, 0.3) is 0 Å². The first-order chi connectivity index (χ1) is 9.65. The Labute approximate surface area is 128 Å². The summed E-state index contributed by atoms with van der Waals surface area (Å²) in [6.07, 6.45) is 0. The molecule has 0 amide bonds. The zero-order valence-electron chi connectivity index (χ0n) is 11.8. The van der Waals surface area contributed by atoms with Crippen molar-refractivity contribution in [3.8, 4) is 11.5 Å². The van der Waals surface area contributed by atoms with Crippen LogP contribution >= 0.6 is 15.9 Å². The Bertz CT molecular complexity index is 535. The van der Waals surface area contributed by atoms with E-state index >= 15 is 0 Å². The molecule has 0 bridgehead atoms. The van der Waals surface area contributed by atoms with E-state index < -0.39 is 0 Å². The summed E-state index contributed by atoms with van der Waals surface area (Å²) in [7, 11) is 0. The molecule has 0 saturated carbocycles. The minimum atomic E-state index is 0.512. The second-order valence-electron chi connectivity index (χ2n) is 4.88. The predicted octanol–water partition coefficient (Wildman–Crippen LogP) is 5.03. The van der Waals surface area contributed by atoms with E-state index in [0.29, 0.717) is 19.1 Å². The van der Waals surface area contributed by atoms with Crippen molar-refractivity contribution in [1.29, 1.82) is 0 Å². The van der Waals surface area contributed by atoms with Gasteiger partial charge in [-0.1, -0.05) is 41.9 Å². The molecule has 2 nitrogen and oxygen atoms in total. The molecule has 0 heterocycles. The first-order valence-corrected chi connectivity index (χ1v) is 7.55. The van der Waals surface area contributed by atoms with Crippen molar-refractivity contribution < 1.29 is 9.47 Å². The van der Waals surface area contributed by atoms with Crippen molar-refractivity contribution in [2.75, 3.05) is 13.2 Å². The number of rotatable bonds is 6. The normalized spacial score (nSPS) is 10.6. The molecule has 0 radical (unpaired) electrons. The molecule has 0 fully saturated rings. The SMILES string of the molecule is CC(C)c1cccc(OCCOc2ccc(Br)cc2)c1. The van der Waals surface area contributed by atoms with Gasteiger partial charge in [0.2, 0.25) is 0 Å². The lowest BCUT2D eigenvalue weighted by Gasteiger charge is -2.11. The molecule has 2 rings (SSSR count). The summed E-state index contributed by atoms with van der Waals surface area (Å²) in [5.74, 6) is 2.26. The average molecular weight is 335 g/mol. The molecule has 2 aromatic carbocycles. The van der Waals surface area contributed by atoms with Crippen LogP contribution in [0.3, 0.4) is 0 Å². The van der Waals surface area contributed by atoms with Crippen LogP contribution in [0.1, 0.15) is 25.3 Å². The zero-order chi connectivity index (χ0) is 14.4. The van der Waals surface area contributed by atoms with Crippen LogP contribution in [0.5, 0.6) is 11.5 Å². The Morgan fingerprint density at radius 2 is 1.55 bits per heavy atom. The van der Waals surface area contributed by atoms with Crippen molar-refractivity contribution in [3.05, 3.63) is 58.6 Å². The average Bonchev–Trinajstić information content (AvgIpc) is 2.46. The molecule has 0 atom stereocenters. The molecule has 0 aliphatic carbocycles. The van der Waals surface area contributed by atoms with Gasteiger partial charge in [-0.25, -0.2) is 0 Å². The van der Waals surface area contributed by atoms with Crippen LogP contribution in [0.2, 0.25) is 0 Å². The highest BCUT2D eigenvalue weighted by Crippen LogP contribution is 2.20. The molecule has 0 spiro atoms. The van der Waals surface area contributed by atoms with Gasteiger partial charge in [-0.05, 0) is 47.9 Å². The van der Waals surface area contributed by atoms with Gasteiger partial charge in [0.1, 0.15) is 24.7 Å². The van der Waals surface area contributed by atoms with E-state index in [0.717, 1.165) is 16.0 Å². The third kappa shape index (κ3) is 4.57. The van der Waals surface area contributed by atoms with Gasteiger partial charge in [-0.3, -0.25) is 0 Å². The van der Waals surface area contributed by atoms with E-state index in [9.17, 15) is 0 Å². The monoisotopic (exact) mass is 334 g/mol. The van der Waals surface area contributed by atoms with Gasteiger partial charge in [0.05, 0.1) is 0 Å². The van der Waals surface area contributed by atoms with E-state index in [1.807, 2.05) is 36.4 Å². The lowest BCUT2D eigenvalue weighted by atomic mass is 10.0. The number of ether oxygens (including phenoxy) is 2. The smallest absolute Gasteiger partial charge is 0.122 e. The summed E-state index contributed by atoms with van der Waals surface area (Å²) < 4.78 is 12.4. The topological polar surface area (TPSA) is 18.5 Å². The maximum absolute atomic E-state index is 5.71. The lowest BCUT2D eigenvalue weighted by molar-refractivity contribution is 0.217. The number of benzene rings is 2. The second kappa shape index (κ2) is 7.34. The van der Waals surface area contributed by atoms with Gasteiger partial charge >= 0.3 is 0 Å². The summed E-state index contributed by atoms with van der Waals surface area (Å²) in [4.78, 5) is 0. The third-order valence-electron chi connectivity index (χ3n) is 2.96. The van der Waals surface area contributed by atoms with Crippen molar-refractivity contribution in [2.24, 2.45) is 0 Å². The van der Waals surface area contributed by atoms with Crippen molar-refractivity contribution in [3.63, 3.8) is 0 Å². The Morgan fingerprint density at radius 3 is 2.20 bits per heavy atom. The van der Waals surface area contributed by atoms with Gasteiger partial charge in [-0.15, -0.1) is 0 Å². The summed E-state index contributed by atoms with van der Waals surface area (Å²) >= 11 is 3.40. The molecule has 3 heteroatoms. The predicted molar refractivity (Wildman–Crippen MR) is 85.7 cm³/mol. The van der Waals surface area contributed by atoms with E-state index in [-0.39, 0.29) is 0 Å². The van der Waals surface area contributed by atoms with Crippen LogP contribution in [0, 0.1) is 0 Å². The summed E-state index contributed by atoms with van der Waals surface area (Å²) in [5.41, 5.74) is 1.29. The summed E-state index contributed by atoms with van der Waals surface area (Å²) in [6, 6.07) is 16.0. The fraction of sp³-hybridized carbons (Fsp3) is 0.294. The molecule has 0 unspecified atom stereocenters. The van der Waals surface area contributed by atoms with E-state index in [2.05, 4.69) is 41.9 Å².